The molecule has 1 aromatic rings. The smallest absolute Gasteiger partial charge is 0.250 e. The molecule has 0 saturated carbocycles. The van der Waals surface area contributed by atoms with Gasteiger partial charge in [-0.2, -0.15) is 0 Å². The molecule has 3 heteroatoms. The molecule has 0 fully saturated rings. The lowest BCUT2D eigenvalue weighted by Gasteiger charge is -2.36. The Kier molecular flexibility index (Phi) is 4.51. The van der Waals surface area contributed by atoms with Gasteiger partial charge in [0.25, 0.3) is 8.32 Å². The van der Waals surface area contributed by atoms with Crippen LogP contribution in [0.25, 0.3) is 6.08 Å². The Labute approximate surface area is 111 Å². The maximum absolute atomic E-state index is 10.3. The summed E-state index contributed by atoms with van der Waals surface area (Å²) in [5, 5.41) is 0.153. The summed E-state index contributed by atoms with van der Waals surface area (Å²) >= 11 is 0. The third-order valence-corrected chi connectivity index (χ3v) is 7.76. The van der Waals surface area contributed by atoms with Gasteiger partial charge in [0.15, 0.2) is 0 Å². The maximum atomic E-state index is 10.3. The first-order valence-corrected chi connectivity index (χ1v) is 9.01. The largest absolute Gasteiger partial charge is 0.543 e. The molecular formula is C15H21O2Si. The van der Waals surface area contributed by atoms with E-state index < -0.39 is 8.32 Å². The average Bonchev–Trinajstić information content (AvgIpc) is 2.26. The van der Waals surface area contributed by atoms with Crippen LogP contribution in [0.2, 0.25) is 18.1 Å². The molecule has 0 heterocycles. The Bertz CT molecular complexity index is 442. The van der Waals surface area contributed by atoms with Crippen LogP contribution in [0.15, 0.2) is 30.3 Å². The zero-order valence-electron chi connectivity index (χ0n) is 11.8. The number of hydrogen-bond donors (Lipinski definition) is 0. The molecule has 1 rings (SSSR count). The molecule has 0 bridgehead atoms. The molecule has 0 aliphatic carbocycles. The zero-order chi connectivity index (χ0) is 13.8. The molecule has 0 unspecified atom stereocenters. The van der Waals surface area contributed by atoms with Gasteiger partial charge in [0.1, 0.15) is 5.75 Å². The van der Waals surface area contributed by atoms with Crippen molar-refractivity contribution in [3.63, 3.8) is 0 Å². The van der Waals surface area contributed by atoms with E-state index in [1.807, 2.05) is 24.3 Å². The van der Waals surface area contributed by atoms with Gasteiger partial charge >= 0.3 is 0 Å². The number of rotatable bonds is 4. The number of benzene rings is 1. The summed E-state index contributed by atoms with van der Waals surface area (Å²) in [6.45, 7) is 11.0. The van der Waals surface area contributed by atoms with Crippen LogP contribution in [0.1, 0.15) is 26.3 Å². The van der Waals surface area contributed by atoms with Gasteiger partial charge in [0, 0.05) is 5.56 Å². The van der Waals surface area contributed by atoms with Crippen molar-refractivity contribution in [1.82, 2.24) is 0 Å². The van der Waals surface area contributed by atoms with E-state index in [-0.39, 0.29) is 5.04 Å². The van der Waals surface area contributed by atoms with E-state index in [9.17, 15) is 4.79 Å². The second-order valence-electron chi connectivity index (χ2n) is 5.85. The fraction of sp³-hybridized carbons (Fsp3) is 0.400. The molecule has 0 aliphatic rings. The highest BCUT2D eigenvalue weighted by Crippen LogP contribution is 2.38. The van der Waals surface area contributed by atoms with E-state index in [2.05, 4.69) is 33.9 Å². The third-order valence-electron chi connectivity index (χ3n) is 3.42. The van der Waals surface area contributed by atoms with Crippen molar-refractivity contribution < 1.29 is 9.22 Å². The topological polar surface area (TPSA) is 26.3 Å². The van der Waals surface area contributed by atoms with Gasteiger partial charge in [-0.25, -0.2) is 0 Å². The van der Waals surface area contributed by atoms with E-state index in [1.165, 1.54) is 6.08 Å². The molecule has 2 nitrogen and oxygen atoms in total. The first-order valence-electron chi connectivity index (χ1n) is 6.10. The summed E-state index contributed by atoms with van der Waals surface area (Å²) in [5.74, 6) is 0.843. The molecule has 97 valence electrons. The summed E-state index contributed by atoms with van der Waals surface area (Å²) in [6.07, 6.45) is 4.86. The van der Waals surface area contributed by atoms with E-state index in [4.69, 9.17) is 4.43 Å². The quantitative estimate of drug-likeness (QED) is 0.600. The lowest BCUT2D eigenvalue weighted by molar-refractivity contribution is 0.491. The molecular weight excluding hydrogens is 240 g/mol. The van der Waals surface area contributed by atoms with Crippen LogP contribution in [0, 0.1) is 0 Å². The van der Waals surface area contributed by atoms with Gasteiger partial charge in [-0.15, -0.1) is 0 Å². The normalized spacial score (nSPS) is 12.7. The second-order valence-corrected chi connectivity index (χ2v) is 10.6. The van der Waals surface area contributed by atoms with Crippen LogP contribution in [0.5, 0.6) is 5.75 Å². The van der Waals surface area contributed by atoms with Gasteiger partial charge in [0.2, 0.25) is 6.29 Å². The second kappa shape index (κ2) is 5.53. The molecule has 0 N–H and O–H groups in total. The Hall–Kier alpha value is -1.35. The van der Waals surface area contributed by atoms with Crippen LogP contribution in [0.3, 0.4) is 0 Å². The van der Waals surface area contributed by atoms with Crippen molar-refractivity contribution >= 4 is 20.7 Å². The number of para-hydroxylation sites is 1. The van der Waals surface area contributed by atoms with Crippen molar-refractivity contribution in [2.24, 2.45) is 0 Å². The number of hydrogen-bond acceptors (Lipinski definition) is 2. The predicted molar refractivity (Wildman–Crippen MR) is 79.0 cm³/mol. The fourth-order valence-electron chi connectivity index (χ4n) is 1.26. The SMILES string of the molecule is CC(C)(C)[Si](C)(C)Oc1ccccc1/C=C/[C]=O. The fourth-order valence-corrected chi connectivity index (χ4v) is 2.30. The first-order chi connectivity index (χ1) is 8.28. The molecule has 0 aliphatic heterocycles. The van der Waals surface area contributed by atoms with Crippen LogP contribution in [0.4, 0.5) is 0 Å². The molecule has 0 aromatic heterocycles. The summed E-state index contributed by atoms with van der Waals surface area (Å²) in [7, 11) is -1.85. The number of carbonyl (C=O) groups excluding carboxylic acids is 1. The van der Waals surface area contributed by atoms with Gasteiger partial charge in [-0.05, 0) is 36.4 Å². The highest BCUT2D eigenvalue weighted by molar-refractivity contribution is 6.74. The Morgan fingerprint density at radius 2 is 1.83 bits per heavy atom. The van der Waals surface area contributed by atoms with Crippen LogP contribution in [-0.2, 0) is 4.79 Å². The number of allylic oxidation sites excluding steroid dienone is 1. The first kappa shape index (κ1) is 14.7. The molecule has 0 saturated heterocycles. The van der Waals surface area contributed by atoms with Crippen LogP contribution >= 0.6 is 0 Å². The monoisotopic (exact) mass is 261 g/mol. The van der Waals surface area contributed by atoms with Crippen LogP contribution < -0.4 is 4.43 Å². The standard InChI is InChI=1S/C15H21O2Si/c1-15(2,3)18(4,5)17-14-11-7-6-9-13(14)10-8-12-16/h6-11H,1-5H3/b10-8+. The Morgan fingerprint density at radius 1 is 1.22 bits per heavy atom. The maximum Gasteiger partial charge on any atom is 0.250 e. The van der Waals surface area contributed by atoms with Gasteiger partial charge < -0.3 is 4.43 Å². The molecule has 1 radical (unpaired) electrons. The van der Waals surface area contributed by atoms with Gasteiger partial charge in [-0.1, -0.05) is 39.0 Å². The average molecular weight is 261 g/mol. The minimum atomic E-state index is -1.85. The predicted octanol–water partition coefficient (Wildman–Crippen LogP) is 4.19. The summed E-state index contributed by atoms with van der Waals surface area (Å²) in [4.78, 5) is 10.3. The van der Waals surface area contributed by atoms with E-state index in [0.717, 1.165) is 11.3 Å². The van der Waals surface area contributed by atoms with Crippen LogP contribution in [-0.4, -0.2) is 14.6 Å². The molecule has 1 aromatic carbocycles. The minimum absolute atomic E-state index is 0.153. The molecule has 0 atom stereocenters. The summed E-state index contributed by atoms with van der Waals surface area (Å²) < 4.78 is 6.25. The van der Waals surface area contributed by atoms with Crippen molar-refractivity contribution in [2.45, 2.75) is 38.9 Å². The molecule has 0 spiro atoms. The Balaban J connectivity index is 3.04. The molecule has 18 heavy (non-hydrogen) atoms. The van der Waals surface area contributed by atoms with Crippen molar-refractivity contribution in [3.8, 4) is 5.75 Å². The highest BCUT2D eigenvalue weighted by Gasteiger charge is 2.39. The Morgan fingerprint density at radius 3 is 2.39 bits per heavy atom. The van der Waals surface area contributed by atoms with E-state index in [0.29, 0.717) is 0 Å². The summed E-state index contributed by atoms with van der Waals surface area (Å²) in [6, 6.07) is 7.77. The lowest BCUT2D eigenvalue weighted by Crippen LogP contribution is -2.44. The van der Waals surface area contributed by atoms with Crippen molar-refractivity contribution in [1.29, 1.82) is 0 Å². The van der Waals surface area contributed by atoms with E-state index >= 15 is 0 Å². The van der Waals surface area contributed by atoms with Crippen molar-refractivity contribution in [2.75, 3.05) is 0 Å². The minimum Gasteiger partial charge on any atom is -0.543 e. The third kappa shape index (κ3) is 3.57. The molecule has 0 amide bonds. The lowest BCUT2D eigenvalue weighted by atomic mass is 10.2. The van der Waals surface area contributed by atoms with Crippen molar-refractivity contribution in [3.05, 3.63) is 35.9 Å². The van der Waals surface area contributed by atoms with Gasteiger partial charge in [-0.3, -0.25) is 4.79 Å². The zero-order valence-corrected chi connectivity index (χ0v) is 12.8. The highest BCUT2D eigenvalue weighted by atomic mass is 28.4. The van der Waals surface area contributed by atoms with E-state index in [1.54, 1.807) is 12.4 Å². The van der Waals surface area contributed by atoms with Gasteiger partial charge in [0.05, 0.1) is 0 Å². The summed E-state index contributed by atoms with van der Waals surface area (Å²) in [5.41, 5.74) is 0.922.